The van der Waals surface area contributed by atoms with Crippen molar-refractivity contribution in [2.24, 2.45) is 0 Å². The molecule has 1 heterocycles. The topological polar surface area (TPSA) is 30.0 Å². The Morgan fingerprint density at radius 1 is 1.71 bits per heavy atom. The van der Waals surface area contributed by atoms with Gasteiger partial charge in [-0.1, -0.05) is 6.08 Å². The molecule has 0 bridgehead atoms. The zero-order valence-electron chi connectivity index (χ0n) is 8.45. The first-order valence-corrected chi connectivity index (χ1v) is 5.64. The first-order valence-electron chi connectivity index (χ1n) is 4.76. The molecular weight excluding hydrogens is 194 g/mol. The Labute approximate surface area is 88.7 Å². The van der Waals surface area contributed by atoms with Crippen LogP contribution in [0.15, 0.2) is 18.0 Å². The van der Waals surface area contributed by atoms with Gasteiger partial charge in [-0.25, -0.2) is 4.98 Å². The van der Waals surface area contributed by atoms with Crippen molar-refractivity contribution >= 4 is 17.1 Å². The second-order valence-electron chi connectivity index (χ2n) is 3.25. The summed E-state index contributed by atoms with van der Waals surface area (Å²) in [6.07, 6.45) is 4.80. The van der Waals surface area contributed by atoms with Crippen molar-refractivity contribution in [1.29, 1.82) is 0 Å². The van der Waals surface area contributed by atoms with Gasteiger partial charge in [0.25, 0.3) is 0 Å². The third kappa shape index (κ3) is 3.83. The molecule has 0 unspecified atom stereocenters. The lowest BCUT2D eigenvalue weighted by Gasteiger charge is -1.96. The number of hydrogen-bond donors (Lipinski definition) is 0. The number of thiazole rings is 1. The second kappa shape index (κ2) is 5.70. The van der Waals surface area contributed by atoms with Crippen molar-refractivity contribution in [3.63, 3.8) is 0 Å². The molecule has 1 rings (SSSR count). The number of carbonyl (C=O) groups is 1. The van der Waals surface area contributed by atoms with E-state index >= 15 is 0 Å². The van der Waals surface area contributed by atoms with Crippen molar-refractivity contribution in [1.82, 2.24) is 4.98 Å². The lowest BCUT2D eigenvalue weighted by Crippen LogP contribution is -2.02. The summed E-state index contributed by atoms with van der Waals surface area (Å²) >= 11 is 1.60. The minimum Gasteiger partial charge on any atom is -0.299 e. The highest BCUT2D eigenvalue weighted by molar-refractivity contribution is 7.09. The molecule has 0 atom stereocenters. The third-order valence-corrected chi connectivity index (χ3v) is 2.73. The first kappa shape index (κ1) is 11.1. The lowest BCUT2D eigenvalue weighted by atomic mass is 10.1. The number of Topliss-reactive ketones (excluding diaryl/α,β-unsaturated/α-hetero) is 1. The highest BCUT2D eigenvalue weighted by Crippen LogP contribution is 2.10. The number of hydrogen-bond acceptors (Lipinski definition) is 3. The number of carbonyl (C=O) groups excluding carboxylic acids is 1. The minimum absolute atomic E-state index is 0.275. The van der Waals surface area contributed by atoms with Crippen molar-refractivity contribution < 1.29 is 4.79 Å². The van der Waals surface area contributed by atoms with E-state index in [1.807, 2.05) is 18.4 Å². The summed E-state index contributed by atoms with van der Waals surface area (Å²) in [5.74, 6) is 0.275. The van der Waals surface area contributed by atoms with E-state index in [1.54, 1.807) is 11.3 Å². The average Bonchev–Trinajstić information content (AvgIpc) is 2.52. The van der Waals surface area contributed by atoms with Gasteiger partial charge in [-0.2, -0.15) is 0 Å². The standard InChI is InChI=1S/C11H15NOS/c1-3-4-5-6-11(13)7-10-8-14-9(2)12-10/h3,8H,1,4-7H2,2H3. The number of aromatic nitrogens is 1. The van der Waals surface area contributed by atoms with Gasteiger partial charge in [0, 0.05) is 18.2 Å². The Balaban J connectivity index is 2.30. The van der Waals surface area contributed by atoms with Crippen molar-refractivity contribution in [2.75, 3.05) is 0 Å². The molecule has 0 fully saturated rings. The van der Waals surface area contributed by atoms with Crippen LogP contribution < -0.4 is 0 Å². The van der Waals surface area contributed by atoms with Crippen molar-refractivity contribution in [3.8, 4) is 0 Å². The maximum Gasteiger partial charge on any atom is 0.138 e. The normalized spacial score (nSPS) is 10.1. The van der Waals surface area contributed by atoms with Crippen LogP contribution in [0.25, 0.3) is 0 Å². The zero-order valence-corrected chi connectivity index (χ0v) is 9.27. The minimum atomic E-state index is 0.275. The van der Waals surface area contributed by atoms with Gasteiger partial charge >= 0.3 is 0 Å². The fraction of sp³-hybridized carbons (Fsp3) is 0.455. The number of rotatable bonds is 6. The van der Waals surface area contributed by atoms with Crippen LogP contribution in [0, 0.1) is 6.92 Å². The van der Waals surface area contributed by atoms with Crippen LogP contribution >= 0.6 is 11.3 Å². The van der Waals surface area contributed by atoms with Gasteiger partial charge < -0.3 is 0 Å². The fourth-order valence-corrected chi connectivity index (χ4v) is 1.84. The van der Waals surface area contributed by atoms with Crippen LogP contribution in [-0.2, 0) is 11.2 Å². The molecule has 0 aliphatic heterocycles. The molecule has 0 saturated heterocycles. The average molecular weight is 209 g/mol. The summed E-state index contributed by atoms with van der Waals surface area (Å²) in [5.41, 5.74) is 0.913. The van der Waals surface area contributed by atoms with E-state index in [2.05, 4.69) is 11.6 Å². The van der Waals surface area contributed by atoms with E-state index in [0.717, 1.165) is 23.5 Å². The number of unbranched alkanes of at least 4 members (excludes halogenated alkanes) is 1. The zero-order chi connectivity index (χ0) is 10.4. The van der Waals surface area contributed by atoms with Crippen LogP contribution in [0.1, 0.15) is 30.0 Å². The quantitative estimate of drug-likeness (QED) is 0.532. The molecule has 0 aliphatic rings. The Morgan fingerprint density at radius 3 is 3.07 bits per heavy atom. The molecule has 0 aliphatic carbocycles. The Kier molecular flexibility index (Phi) is 4.53. The molecule has 0 saturated carbocycles. The van der Waals surface area contributed by atoms with Gasteiger partial charge in [-0.3, -0.25) is 4.79 Å². The second-order valence-corrected chi connectivity index (χ2v) is 4.32. The van der Waals surface area contributed by atoms with E-state index < -0.39 is 0 Å². The molecule has 3 heteroatoms. The molecule has 76 valence electrons. The Bertz CT molecular complexity index is 317. The van der Waals surface area contributed by atoms with Gasteiger partial charge in [0.15, 0.2) is 0 Å². The van der Waals surface area contributed by atoms with Gasteiger partial charge in [0.05, 0.1) is 10.7 Å². The van der Waals surface area contributed by atoms with E-state index in [1.165, 1.54) is 0 Å². The maximum absolute atomic E-state index is 11.4. The molecule has 0 amide bonds. The predicted octanol–water partition coefficient (Wildman–Crippen LogP) is 2.92. The van der Waals surface area contributed by atoms with Gasteiger partial charge in [-0.15, -0.1) is 17.9 Å². The van der Waals surface area contributed by atoms with Crippen LogP contribution in [-0.4, -0.2) is 10.8 Å². The number of allylic oxidation sites excluding steroid dienone is 1. The summed E-state index contributed by atoms with van der Waals surface area (Å²) in [6, 6.07) is 0. The molecule has 1 aromatic rings. The summed E-state index contributed by atoms with van der Waals surface area (Å²) in [7, 11) is 0. The summed E-state index contributed by atoms with van der Waals surface area (Å²) < 4.78 is 0. The molecule has 1 aromatic heterocycles. The summed E-state index contributed by atoms with van der Waals surface area (Å²) in [5, 5.41) is 2.99. The number of ketones is 1. The molecule has 2 nitrogen and oxygen atoms in total. The van der Waals surface area contributed by atoms with Crippen LogP contribution in [0.4, 0.5) is 0 Å². The number of aryl methyl sites for hydroxylation is 1. The molecule has 0 aromatic carbocycles. The summed E-state index contributed by atoms with van der Waals surface area (Å²) in [6.45, 7) is 5.58. The maximum atomic E-state index is 11.4. The smallest absolute Gasteiger partial charge is 0.138 e. The van der Waals surface area contributed by atoms with Crippen molar-refractivity contribution in [2.45, 2.75) is 32.6 Å². The molecule has 0 N–H and O–H groups in total. The molecular formula is C11H15NOS. The van der Waals surface area contributed by atoms with E-state index in [0.29, 0.717) is 12.8 Å². The Hall–Kier alpha value is -0.960. The van der Waals surface area contributed by atoms with E-state index in [4.69, 9.17) is 0 Å². The first-order chi connectivity index (χ1) is 6.72. The highest BCUT2D eigenvalue weighted by atomic mass is 32.1. The van der Waals surface area contributed by atoms with Crippen LogP contribution in [0.3, 0.4) is 0 Å². The molecule has 0 spiro atoms. The third-order valence-electron chi connectivity index (χ3n) is 1.91. The molecule has 0 radical (unpaired) electrons. The summed E-state index contributed by atoms with van der Waals surface area (Å²) in [4.78, 5) is 15.7. The molecule has 14 heavy (non-hydrogen) atoms. The van der Waals surface area contributed by atoms with Crippen molar-refractivity contribution in [3.05, 3.63) is 28.7 Å². The van der Waals surface area contributed by atoms with Crippen LogP contribution in [0.2, 0.25) is 0 Å². The number of nitrogens with zero attached hydrogens (tertiary/aromatic N) is 1. The SMILES string of the molecule is C=CCCCC(=O)Cc1csc(C)n1. The van der Waals surface area contributed by atoms with E-state index in [9.17, 15) is 4.79 Å². The van der Waals surface area contributed by atoms with Crippen LogP contribution in [0.5, 0.6) is 0 Å². The largest absolute Gasteiger partial charge is 0.299 e. The van der Waals surface area contributed by atoms with Gasteiger partial charge in [0.1, 0.15) is 5.78 Å². The van der Waals surface area contributed by atoms with Gasteiger partial charge in [0.2, 0.25) is 0 Å². The van der Waals surface area contributed by atoms with Gasteiger partial charge in [-0.05, 0) is 19.8 Å². The fourth-order valence-electron chi connectivity index (χ4n) is 1.22. The monoisotopic (exact) mass is 209 g/mol. The van der Waals surface area contributed by atoms with E-state index in [-0.39, 0.29) is 5.78 Å². The predicted molar refractivity (Wildman–Crippen MR) is 59.6 cm³/mol. The lowest BCUT2D eigenvalue weighted by molar-refractivity contribution is -0.118. The highest BCUT2D eigenvalue weighted by Gasteiger charge is 2.05. The Morgan fingerprint density at radius 2 is 2.50 bits per heavy atom.